The van der Waals surface area contributed by atoms with Crippen LogP contribution in [0.4, 0.5) is 0 Å². The van der Waals surface area contributed by atoms with Gasteiger partial charge in [-0.25, -0.2) is 5.48 Å². The van der Waals surface area contributed by atoms with Gasteiger partial charge in [-0.15, -0.1) is 0 Å². The van der Waals surface area contributed by atoms with E-state index in [1.807, 2.05) is 0 Å². The van der Waals surface area contributed by atoms with Gasteiger partial charge in [0.05, 0.1) is 7.11 Å². The molecule has 0 rings (SSSR count). The Kier molecular flexibility index (Phi) is 16.7. The van der Waals surface area contributed by atoms with Crippen LogP contribution in [-0.2, 0) is 4.84 Å². The van der Waals surface area contributed by atoms with E-state index in [-0.39, 0.29) is 0 Å². The first-order valence-corrected chi connectivity index (χ1v) is 45.6. The number of hydrogen-bond donors (Lipinski definition) is 1. The van der Waals surface area contributed by atoms with Crippen molar-refractivity contribution in [3.8, 4) is 0 Å². The van der Waals surface area contributed by atoms with Crippen LogP contribution in [0.1, 0.15) is 0 Å². The number of rotatable bonds is 1. The van der Waals surface area contributed by atoms with E-state index >= 15 is 0 Å². The SMILES string of the molecule is CNOC.[I][Pb]([I])([I])[I]. The maximum atomic E-state index is 4.29. The van der Waals surface area contributed by atoms with Crippen LogP contribution in [0.5, 0.6) is 0 Å². The molecule has 0 saturated heterocycles. The van der Waals surface area contributed by atoms with Crippen LogP contribution in [0.2, 0.25) is 0 Å². The molecule has 0 aliphatic carbocycles. The number of nitrogens with one attached hydrogen (secondary N) is 1. The van der Waals surface area contributed by atoms with Crippen LogP contribution in [-0.4, -0.2) is 18.2 Å². The molecule has 0 spiro atoms. The fourth-order valence-corrected chi connectivity index (χ4v) is 0. The molecule has 1 N–H and O–H groups in total. The van der Waals surface area contributed by atoms with Crippen molar-refractivity contribution in [1.29, 1.82) is 0 Å². The molecule has 9 heavy (non-hydrogen) atoms. The van der Waals surface area contributed by atoms with E-state index in [1.54, 1.807) is 14.2 Å². The first-order chi connectivity index (χ1) is 3.91. The van der Waals surface area contributed by atoms with Gasteiger partial charge in [-0.05, 0) is 0 Å². The molecule has 0 aliphatic rings. The molecule has 0 atom stereocenters. The molecule has 0 unspecified atom stereocenters. The molecule has 0 aromatic rings. The number of hydrogen-bond acceptors (Lipinski definition) is 2. The van der Waals surface area contributed by atoms with E-state index < -0.39 is 4.00 Å². The van der Waals surface area contributed by atoms with Gasteiger partial charge in [0.2, 0.25) is 0 Å². The third-order valence-electron chi connectivity index (χ3n) is 0.204. The summed E-state index contributed by atoms with van der Waals surface area (Å²) in [5.41, 5.74) is 2.43. The van der Waals surface area contributed by atoms with Crippen molar-refractivity contribution in [1.82, 2.24) is 5.48 Å². The van der Waals surface area contributed by atoms with Crippen LogP contribution in [0.3, 0.4) is 0 Å². The molecule has 0 amide bonds. The van der Waals surface area contributed by atoms with Gasteiger partial charge in [-0.3, -0.25) is 0 Å². The Morgan fingerprint density at radius 3 is 1.33 bits per heavy atom. The fraction of sp³-hybridized carbons (Fsp3) is 1.00. The fourth-order valence-electron chi connectivity index (χ4n) is 0. The maximum absolute atomic E-state index is 4.29. The Hall–Kier alpha value is 3.76. The molecular weight excluding hydrogens is 769 g/mol. The van der Waals surface area contributed by atoms with E-state index in [0.29, 0.717) is 0 Å². The Morgan fingerprint density at radius 1 is 1.22 bits per heavy atom. The predicted molar refractivity (Wildman–Crippen MR) is 77.9 cm³/mol. The zero-order valence-corrected chi connectivity index (χ0v) is 17.4. The molecule has 0 aliphatic heterocycles. The van der Waals surface area contributed by atoms with Crippen LogP contribution in [0.15, 0.2) is 0 Å². The Morgan fingerprint density at radius 2 is 1.33 bits per heavy atom. The van der Waals surface area contributed by atoms with Crippen molar-refractivity contribution in [3.63, 3.8) is 0 Å². The van der Waals surface area contributed by atoms with Crippen molar-refractivity contribution in [2.24, 2.45) is 0 Å². The van der Waals surface area contributed by atoms with Gasteiger partial charge in [-0.2, -0.15) is 0 Å². The van der Waals surface area contributed by atoms with Crippen molar-refractivity contribution >= 4 is 75.0 Å². The van der Waals surface area contributed by atoms with Crippen LogP contribution < -0.4 is 5.48 Å². The second-order valence-electron chi connectivity index (χ2n) is 0.837. The van der Waals surface area contributed by atoms with E-state index in [9.17, 15) is 0 Å². The Labute approximate surface area is 96.4 Å². The van der Waals surface area contributed by atoms with Gasteiger partial charge < -0.3 is 4.84 Å². The molecule has 0 radical (unpaired) electrons. The summed E-state index contributed by atoms with van der Waals surface area (Å²) in [4.78, 5) is 4.29. The standard InChI is InChI=1S/C2H7NO.4HI.Pb/c1-3-4-2;;;;;/h3H,1-2H3;4*1H;/q;;;;;+4/p-4. The van der Waals surface area contributed by atoms with Gasteiger partial charge in [0.15, 0.2) is 0 Å². The summed E-state index contributed by atoms with van der Waals surface area (Å²) in [6.45, 7) is 0. The molecule has 0 aromatic heterocycles. The normalized spacial score (nSPS) is 10.0. The zero-order chi connectivity index (χ0) is 7.91. The summed E-state index contributed by atoms with van der Waals surface area (Å²) in [6.07, 6.45) is 0. The van der Waals surface area contributed by atoms with Gasteiger partial charge in [-0.1, -0.05) is 0 Å². The molecule has 58 valence electrons. The summed E-state index contributed by atoms with van der Waals surface area (Å²) in [7, 11) is 3.28. The quantitative estimate of drug-likeness (QED) is 0.252. The molecule has 0 aromatic carbocycles. The van der Waals surface area contributed by atoms with Crippen molar-refractivity contribution in [2.45, 2.75) is 0 Å². The number of hydroxylamine groups is 1. The molecule has 2 nitrogen and oxygen atoms in total. The monoisotopic (exact) mass is 777 g/mol. The molecule has 0 heterocycles. The van der Waals surface area contributed by atoms with Gasteiger partial charge in [0, 0.05) is 7.05 Å². The van der Waals surface area contributed by atoms with E-state index in [4.69, 9.17) is 0 Å². The van der Waals surface area contributed by atoms with E-state index in [1.165, 1.54) is 0 Å². The second-order valence-corrected chi connectivity index (χ2v) is 170. The van der Waals surface area contributed by atoms with E-state index in [0.717, 1.165) is 0 Å². The first kappa shape index (κ1) is 15.2. The first-order valence-electron chi connectivity index (χ1n) is 1.87. The average molecular weight is 776 g/mol. The van der Waals surface area contributed by atoms with Crippen LogP contribution >= 0.6 is 71.0 Å². The molecule has 7 heteroatoms. The summed E-state index contributed by atoms with van der Waals surface area (Å²) >= 11 is 10.2. The van der Waals surface area contributed by atoms with E-state index in [2.05, 4.69) is 81.4 Å². The van der Waals surface area contributed by atoms with Gasteiger partial charge in [0.1, 0.15) is 0 Å². The summed E-state index contributed by atoms with van der Waals surface area (Å²) < 4.78 is -1.40. The average Bonchev–Trinajstić information content (AvgIpc) is 1.61. The molecule has 0 saturated carbocycles. The molecule has 0 bridgehead atoms. The predicted octanol–water partition coefficient (Wildman–Crippen LogP) is 2.93. The van der Waals surface area contributed by atoms with Gasteiger partial charge in [0.25, 0.3) is 0 Å². The minimum absolute atomic E-state index is 1.40. The second kappa shape index (κ2) is 9.85. The summed E-state index contributed by atoms with van der Waals surface area (Å²) in [6, 6.07) is 0. The van der Waals surface area contributed by atoms with Crippen LogP contribution in [0, 0.1) is 0 Å². The molecule has 0 fully saturated rings. The zero-order valence-electron chi connectivity index (χ0n) is 4.92. The van der Waals surface area contributed by atoms with Crippen molar-refractivity contribution in [2.75, 3.05) is 14.2 Å². The number of halogens is 4. The third kappa shape index (κ3) is 49.4. The van der Waals surface area contributed by atoms with Crippen molar-refractivity contribution in [3.05, 3.63) is 0 Å². The molecular formula is C2H7I4NOPb. The Bertz CT molecular complexity index is 49.0. The minimum atomic E-state index is -1.40. The van der Waals surface area contributed by atoms with Gasteiger partial charge >= 0.3 is 75.0 Å². The summed E-state index contributed by atoms with van der Waals surface area (Å²) in [5.74, 6) is 0. The van der Waals surface area contributed by atoms with Crippen molar-refractivity contribution < 1.29 is 4.84 Å². The third-order valence-corrected chi connectivity index (χ3v) is 0.204. The topological polar surface area (TPSA) is 21.3 Å². The summed E-state index contributed by atoms with van der Waals surface area (Å²) in [5, 5.41) is 0. The van der Waals surface area contributed by atoms with Crippen LogP contribution in [0.25, 0.3) is 0 Å². The Balaban J connectivity index is 0.